The average Bonchev–Trinajstić information content (AvgIpc) is 2.77. The predicted molar refractivity (Wildman–Crippen MR) is 72.8 cm³/mol. The summed E-state index contributed by atoms with van der Waals surface area (Å²) < 4.78 is 6.98. The summed E-state index contributed by atoms with van der Waals surface area (Å²) in [5, 5.41) is 7.64. The number of benzene rings is 1. The standard InChI is InChI=1S/C13H18N4O/c1-17-8-6-10(16-17)5-7-15-11-3-4-12(14)13(9-11)18-2/h3-4,6,8-9,15H,5,7,14H2,1-2H3. The Morgan fingerprint density at radius 2 is 2.22 bits per heavy atom. The molecule has 1 aromatic carbocycles. The molecule has 2 rings (SSSR count). The first-order chi connectivity index (χ1) is 8.69. The summed E-state index contributed by atoms with van der Waals surface area (Å²) in [6, 6.07) is 7.69. The van der Waals surface area contributed by atoms with Crippen LogP contribution in [0.5, 0.6) is 5.75 Å². The lowest BCUT2D eigenvalue weighted by atomic mass is 10.2. The Kier molecular flexibility index (Phi) is 3.72. The lowest BCUT2D eigenvalue weighted by molar-refractivity contribution is 0.417. The van der Waals surface area contributed by atoms with Crippen LogP contribution >= 0.6 is 0 Å². The van der Waals surface area contributed by atoms with Gasteiger partial charge in [0.25, 0.3) is 0 Å². The maximum atomic E-state index is 5.76. The second-order valence-electron chi connectivity index (χ2n) is 4.11. The summed E-state index contributed by atoms with van der Waals surface area (Å²) in [6.45, 7) is 0.823. The number of nitrogens with two attached hydrogens (primary N) is 1. The van der Waals surface area contributed by atoms with Crippen molar-refractivity contribution in [2.24, 2.45) is 7.05 Å². The van der Waals surface area contributed by atoms with E-state index in [1.54, 1.807) is 7.11 Å². The van der Waals surface area contributed by atoms with Gasteiger partial charge in [0.1, 0.15) is 5.75 Å². The molecule has 0 aliphatic heterocycles. The zero-order valence-corrected chi connectivity index (χ0v) is 10.7. The van der Waals surface area contributed by atoms with Crippen LogP contribution in [0.1, 0.15) is 5.69 Å². The number of aryl methyl sites for hydroxylation is 1. The third kappa shape index (κ3) is 2.94. The average molecular weight is 246 g/mol. The molecule has 0 bridgehead atoms. The molecule has 3 N–H and O–H groups in total. The van der Waals surface area contributed by atoms with Crippen molar-refractivity contribution >= 4 is 11.4 Å². The highest BCUT2D eigenvalue weighted by Gasteiger charge is 2.01. The van der Waals surface area contributed by atoms with Crippen molar-refractivity contribution in [3.05, 3.63) is 36.2 Å². The molecule has 0 spiro atoms. The molecule has 1 aromatic heterocycles. The highest BCUT2D eigenvalue weighted by Crippen LogP contribution is 2.24. The molecular weight excluding hydrogens is 228 g/mol. The van der Waals surface area contributed by atoms with Gasteiger partial charge in [-0.25, -0.2) is 0 Å². The van der Waals surface area contributed by atoms with Gasteiger partial charge in [-0.2, -0.15) is 5.10 Å². The van der Waals surface area contributed by atoms with E-state index in [9.17, 15) is 0 Å². The third-order valence-corrected chi connectivity index (χ3v) is 2.71. The fourth-order valence-electron chi connectivity index (χ4n) is 1.75. The van der Waals surface area contributed by atoms with Crippen molar-refractivity contribution in [2.75, 3.05) is 24.7 Å². The molecule has 0 amide bonds. The van der Waals surface area contributed by atoms with Gasteiger partial charge in [0.05, 0.1) is 18.5 Å². The molecule has 0 saturated heterocycles. The fraction of sp³-hybridized carbons (Fsp3) is 0.308. The Bertz CT molecular complexity index is 521. The molecule has 18 heavy (non-hydrogen) atoms. The van der Waals surface area contributed by atoms with E-state index < -0.39 is 0 Å². The summed E-state index contributed by atoms with van der Waals surface area (Å²) in [5.41, 5.74) is 8.48. The number of hydrogen-bond acceptors (Lipinski definition) is 4. The van der Waals surface area contributed by atoms with Gasteiger partial charge in [0.15, 0.2) is 0 Å². The summed E-state index contributed by atoms with van der Waals surface area (Å²) in [5.74, 6) is 0.692. The minimum Gasteiger partial charge on any atom is -0.495 e. The van der Waals surface area contributed by atoms with E-state index in [0.717, 1.165) is 24.3 Å². The molecule has 0 aliphatic rings. The monoisotopic (exact) mass is 246 g/mol. The summed E-state index contributed by atoms with van der Waals surface area (Å²) in [7, 11) is 3.53. The molecule has 5 heteroatoms. The Labute approximate surface area is 107 Å². The highest BCUT2D eigenvalue weighted by atomic mass is 16.5. The van der Waals surface area contributed by atoms with Gasteiger partial charge in [-0.15, -0.1) is 0 Å². The molecule has 0 radical (unpaired) electrons. The molecule has 0 aliphatic carbocycles. The number of hydrogen-bond donors (Lipinski definition) is 2. The first-order valence-corrected chi connectivity index (χ1v) is 5.85. The second-order valence-corrected chi connectivity index (χ2v) is 4.11. The first-order valence-electron chi connectivity index (χ1n) is 5.85. The molecule has 0 fully saturated rings. The van der Waals surface area contributed by atoms with Crippen LogP contribution in [0.25, 0.3) is 0 Å². The van der Waals surface area contributed by atoms with Gasteiger partial charge in [-0.05, 0) is 18.2 Å². The van der Waals surface area contributed by atoms with Crippen LogP contribution in [-0.2, 0) is 13.5 Å². The molecule has 0 atom stereocenters. The van der Waals surface area contributed by atoms with Crippen molar-refractivity contribution in [3.8, 4) is 5.75 Å². The summed E-state index contributed by atoms with van der Waals surface area (Å²) >= 11 is 0. The SMILES string of the molecule is COc1cc(NCCc2ccn(C)n2)ccc1N. The third-order valence-electron chi connectivity index (χ3n) is 2.71. The number of aromatic nitrogens is 2. The Morgan fingerprint density at radius 3 is 2.89 bits per heavy atom. The summed E-state index contributed by atoms with van der Waals surface area (Å²) in [6.07, 6.45) is 2.83. The number of ether oxygens (including phenoxy) is 1. The van der Waals surface area contributed by atoms with Gasteiger partial charge in [0, 0.05) is 38.0 Å². The van der Waals surface area contributed by atoms with Gasteiger partial charge >= 0.3 is 0 Å². The van der Waals surface area contributed by atoms with E-state index in [1.807, 2.05) is 42.2 Å². The van der Waals surface area contributed by atoms with Crippen LogP contribution < -0.4 is 15.8 Å². The largest absolute Gasteiger partial charge is 0.495 e. The number of nitrogen functional groups attached to an aromatic ring is 1. The van der Waals surface area contributed by atoms with E-state index in [1.165, 1.54) is 0 Å². The summed E-state index contributed by atoms with van der Waals surface area (Å²) in [4.78, 5) is 0. The van der Waals surface area contributed by atoms with Gasteiger partial charge in [-0.3, -0.25) is 4.68 Å². The fourth-order valence-corrected chi connectivity index (χ4v) is 1.75. The van der Waals surface area contributed by atoms with E-state index in [4.69, 9.17) is 10.5 Å². The van der Waals surface area contributed by atoms with Crippen molar-refractivity contribution in [3.63, 3.8) is 0 Å². The zero-order valence-electron chi connectivity index (χ0n) is 10.7. The van der Waals surface area contributed by atoms with Crippen LogP contribution in [0, 0.1) is 0 Å². The van der Waals surface area contributed by atoms with Gasteiger partial charge in [-0.1, -0.05) is 0 Å². The Balaban J connectivity index is 1.90. The van der Waals surface area contributed by atoms with Gasteiger partial charge in [0.2, 0.25) is 0 Å². The number of rotatable bonds is 5. The zero-order chi connectivity index (χ0) is 13.0. The van der Waals surface area contributed by atoms with E-state index in [2.05, 4.69) is 10.4 Å². The van der Waals surface area contributed by atoms with E-state index in [-0.39, 0.29) is 0 Å². The molecule has 0 saturated carbocycles. The Morgan fingerprint density at radius 1 is 1.39 bits per heavy atom. The maximum absolute atomic E-state index is 5.76. The predicted octanol–water partition coefficient (Wildman–Crippen LogP) is 1.67. The van der Waals surface area contributed by atoms with Crippen LogP contribution in [0.2, 0.25) is 0 Å². The van der Waals surface area contributed by atoms with Crippen molar-refractivity contribution < 1.29 is 4.74 Å². The van der Waals surface area contributed by atoms with E-state index >= 15 is 0 Å². The minimum absolute atomic E-state index is 0.646. The van der Waals surface area contributed by atoms with Crippen molar-refractivity contribution in [2.45, 2.75) is 6.42 Å². The van der Waals surface area contributed by atoms with Crippen LogP contribution in [0.4, 0.5) is 11.4 Å². The molecule has 5 nitrogen and oxygen atoms in total. The minimum atomic E-state index is 0.646. The lowest BCUT2D eigenvalue weighted by Gasteiger charge is -2.09. The first kappa shape index (κ1) is 12.3. The van der Waals surface area contributed by atoms with Crippen LogP contribution in [0.3, 0.4) is 0 Å². The topological polar surface area (TPSA) is 65.1 Å². The van der Waals surface area contributed by atoms with Crippen molar-refractivity contribution in [1.29, 1.82) is 0 Å². The quantitative estimate of drug-likeness (QED) is 0.788. The van der Waals surface area contributed by atoms with Crippen LogP contribution in [0.15, 0.2) is 30.5 Å². The number of nitrogens with one attached hydrogen (secondary N) is 1. The normalized spacial score (nSPS) is 10.3. The van der Waals surface area contributed by atoms with Crippen molar-refractivity contribution in [1.82, 2.24) is 9.78 Å². The number of nitrogens with zero attached hydrogens (tertiary/aromatic N) is 2. The molecule has 0 unspecified atom stereocenters. The molecule has 96 valence electrons. The number of methoxy groups -OCH3 is 1. The van der Waals surface area contributed by atoms with Gasteiger partial charge < -0.3 is 15.8 Å². The lowest BCUT2D eigenvalue weighted by Crippen LogP contribution is -2.06. The highest BCUT2D eigenvalue weighted by molar-refractivity contribution is 5.61. The maximum Gasteiger partial charge on any atom is 0.143 e. The number of anilines is 2. The smallest absolute Gasteiger partial charge is 0.143 e. The molecular formula is C13H18N4O. The molecule has 2 aromatic rings. The van der Waals surface area contributed by atoms with E-state index in [0.29, 0.717) is 11.4 Å². The second kappa shape index (κ2) is 5.44. The molecule has 1 heterocycles. The van der Waals surface area contributed by atoms with Crippen LogP contribution in [-0.4, -0.2) is 23.4 Å². The Hall–Kier alpha value is -2.17.